The Morgan fingerprint density at radius 2 is 1.02 bits per heavy atom. The van der Waals surface area contributed by atoms with Gasteiger partial charge < -0.3 is 23.8 Å². The molecule has 0 aliphatic carbocycles. The van der Waals surface area contributed by atoms with Crippen LogP contribution in [0.3, 0.4) is 0 Å². The lowest BCUT2D eigenvalue weighted by atomic mass is 10.1. The minimum atomic E-state index is -0.879. The lowest BCUT2D eigenvalue weighted by Gasteiger charge is -2.31. The number of carbonyl (C=O) groups excluding carboxylic acids is 2. The van der Waals surface area contributed by atoms with Gasteiger partial charge in [0.05, 0.1) is 34.4 Å². The summed E-state index contributed by atoms with van der Waals surface area (Å²) < 4.78 is 17.2. The molecule has 52 heavy (non-hydrogen) atoms. The Morgan fingerprint density at radius 1 is 0.577 bits per heavy atom. The number of hydrogen-bond donors (Lipinski definition) is 1. The van der Waals surface area contributed by atoms with Gasteiger partial charge in [-0.1, -0.05) is 121 Å². The summed E-state index contributed by atoms with van der Waals surface area (Å²) in [5.74, 6) is -1.50. The molecule has 0 aromatic carbocycles. The molecule has 0 heterocycles. The van der Waals surface area contributed by atoms with Crippen molar-refractivity contribution in [3.05, 3.63) is 36.5 Å². The summed E-state index contributed by atoms with van der Waals surface area (Å²) in [5.41, 5.74) is 0. The van der Waals surface area contributed by atoms with Crippen molar-refractivity contribution in [1.82, 2.24) is 0 Å². The fourth-order valence-corrected chi connectivity index (χ4v) is 5.94. The van der Waals surface area contributed by atoms with Crippen molar-refractivity contribution in [2.75, 3.05) is 41.0 Å². The van der Waals surface area contributed by atoms with Gasteiger partial charge in [0.2, 0.25) is 0 Å². The van der Waals surface area contributed by atoms with Gasteiger partial charge in [0.15, 0.2) is 12.1 Å². The van der Waals surface area contributed by atoms with Gasteiger partial charge in [-0.05, 0) is 70.6 Å². The van der Waals surface area contributed by atoms with Gasteiger partial charge in [0, 0.05) is 19.3 Å². The lowest BCUT2D eigenvalue weighted by molar-refractivity contribution is -0.887. The summed E-state index contributed by atoms with van der Waals surface area (Å²) in [6.45, 7) is 4.66. The third-order valence-corrected chi connectivity index (χ3v) is 9.26. The summed E-state index contributed by atoms with van der Waals surface area (Å²) in [6, 6.07) is -0.617. The van der Waals surface area contributed by atoms with Gasteiger partial charge in [-0.15, -0.1) is 0 Å². The van der Waals surface area contributed by atoms with Crippen LogP contribution in [0.4, 0.5) is 0 Å². The number of hydrogen-bond acceptors (Lipinski definition) is 6. The van der Waals surface area contributed by atoms with Crippen LogP contribution >= 0.6 is 0 Å². The second kappa shape index (κ2) is 35.6. The Bertz CT molecular complexity index is 953. The molecular weight excluding hydrogens is 654 g/mol. The van der Waals surface area contributed by atoms with E-state index in [9.17, 15) is 19.5 Å². The lowest BCUT2D eigenvalue weighted by Crippen LogP contribution is -2.50. The van der Waals surface area contributed by atoms with Crippen molar-refractivity contribution in [1.29, 1.82) is 0 Å². The van der Waals surface area contributed by atoms with Gasteiger partial charge in [0.25, 0.3) is 0 Å². The molecular formula is C44H80NO7+. The van der Waals surface area contributed by atoms with Crippen LogP contribution in [0.2, 0.25) is 0 Å². The first-order valence-corrected chi connectivity index (χ1v) is 21.0. The molecule has 0 saturated carbocycles. The van der Waals surface area contributed by atoms with Crippen molar-refractivity contribution < 1.29 is 38.2 Å². The van der Waals surface area contributed by atoms with Crippen molar-refractivity contribution in [3.8, 4) is 0 Å². The van der Waals surface area contributed by atoms with Gasteiger partial charge in [0.1, 0.15) is 6.61 Å². The molecule has 0 aromatic rings. The summed E-state index contributed by atoms with van der Waals surface area (Å²) >= 11 is 0. The predicted molar refractivity (Wildman–Crippen MR) is 215 cm³/mol. The van der Waals surface area contributed by atoms with Crippen molar-refractivity contribution in [3.63, 3.8) is 0 Å². The van der Waals surface area contributed by atoms with E-state index in [4.69, 9.17) is 14.2 Å². The van der Waals surface area contributed by atoms with E-state index >= 15 is 0 Å². The highest BCUT2D eigenvalue weighted by Gasteiger charge is 2.31. The average molecular weight is 735 g/mol. The second-order valence-electron chi connectivity index (χ2n) is 15.2. The molecule has 0 amide bonds. The monoisotopic (exact) mass is 735 g/mol. The third-order valence-electron chi connectivity index (χ3n) is 9.26. The van der Waals surface area contributed by atoms with Crippen LogP contribution in [-0.2, 0) is 28.6 Å². The predicted octanol–water partition coefficient (Wildman–Crippen LogP) is 11.1. The molecule has 8 heteroatoms. The van der Waals surface area contributed by atoms with Crippen LogP contribution in [0.5, 0.6) is 0 Å². The van der Waals surface area contributed by atoms with Gasteiger partial charge in [-0.2, -0.15) is 0 Å². The molecule has 0 aliphatic rings. The number of quaternary nitrogens is 1. The summed E-state index contributed by atoms with van der Waals surface area (Å²) in [7, 11) is 5.51. The van der Waals surface area contributed by atoms with Crippen LogP contribution in [0.15, 0.2) is 36.5 Å². The molecule has 1 N–H and O–H groups in total. The molecule has 0 rings (SSSR count). The summed E-state index contributed by atoms with van der Waals surface area (Å²) in [6.07, 6.45) is 38.9. The SMILES string of the molecule is CCCCC/C=C\C/C=C\CCCCCCCC(=O)OC(COCCC(C(=O)O)[N+](C)(C)C)COC(=O)CCCCCCC/C=C\CCCCCC. The molecule has 0 bridgehead atoms. The number of esters is 2. The fraction of sp³-hybridized carbons (Fsp3) is 0.795. The zero-order valence-corrected chi connectivity index (χ0v) is 34.3. The van der Waals surface area contributed by atoms with Crippen molar-refractivity contribution >= 4 is 17.9 Å². The first-order valence-electron chi connectivity index (χ1n) is 21.0. The van der Waals surface area contributed by atoms with Crippen LogP contribution in [0.25, 0.3) is 0 Å². The molecule has 0 aliphatic heterocycles. The van der Waals surface area contributed by atoms with Crippen LogP contribution in [-0.4, -0.2) is 80.6 Å². The van der Waals surface area contributed by atoms with Crippen LogP contribution < -0.4 is 0 Å². The molecule has 0 radical (unpaired) electrons. The number of allylic oxidation sites excluding steroid dienone is 6. The summed E-state index contributed by atoms with van der Waals surface area (Å²) in [4.78, 5) is 36.9. The molecule has 8 nitrogen and oxygen atoms in total. The molecule has 0 spiro atoms. The van der Waals surface area contributed by atoms with E-state index in [2.05, 4.69) is 50.3 Å². The van der Waals surface area contributed by atoms with Crippen molar-refractivity contribution in [2.45, 2.75) is 187 Å². The first kappa shape index (κ1) is 49.6. The quantitative estimate of drug-likeness (QED) is 0.0293. The minimum absolute atomic E-state index is 0.0534. The first-order chi connectivity index (χ1) is 25.1. The van der Waals surface area contributed by atoms with Crippen LogP contribution in [0.1, 0.15) is 174 Å². The summed E-state index contributed by atoms with van der Waals surface area (Å²) in [5, 5.41) is 9.60. The number of aliphatic carboxylic acids is 1. The Hall–Kier alpha value is -2.45. The largest absolute Gasteiger partial charge is 0.477 e. The van der Waals surface area contributed by atoms with E-state index in [0.717, 1.165) is 77.0 Å². The van der Waals surface area contributed by atoms with E-state index < -0.39 is 18.1 Å². The average Bonchev–Trinajstić information content (AvgIpc) is 3.09. The van der Waals surface area contributed by atoms with E-state index in [1.54, 1.807) is 0 Å². The number of ether oxygens (including phenoxy) is 3. The number of nitrogens with zero attached hydrogens (tertiary/aromatic N) is 1. The van der Waals surface area contributed by atoms with E-state index in [0.29, 0.717) is 19.3 Å². The Kier molecular flexibility index (Phi) is 33.9. The number of carbonyl (C=O) groups is 3. The van der Waals surface area contributed by atoms with E-state index in [-0.39, 0.29) is 36.2 Å². The highest BCUT2D eigenvalue weighted by molar-refractivity contribution is 5.72. The zero-order chi connectivity index (χ0) is 38.5. The van der Waals surface area contributed by atoms with Crippen LogP contribution in [0, 0.1) is 0 Å². The van der Waals surface area contributed by atoms with Gasteiger partial charge in [-0.3, -0.25) is 9.59 Å². The molecule has 2 unspecified atom stereocenters. The molecule has 0 aromatic heterocycles. The van der Waals surface area contributed by atoms with E-state index in [1.165, 1.54) is 64.2 Å². The molecule has 302 valence electrons. The second-order valence-corrected chi connectivity index (χ2v) is 15.2. The third kappa shape index (κ3) is 33.4. The van der Waals surface area contributed by atoms with Gasteiger partial charge in [-0.25, -0.2) is 4.79 Å². The molecule has 0 fully saturated rings. The maximum absolute atomic E-state index is 12.7. The highest BCUT2D eigenvalue weighted by Crippen LogP contribution is 2.13. The van der Waals surface area contributed by atoms with Gasteiger partial charge >= 0.3 is 17.9 Å². The smallest absolute Gasteiger partial charge is 0.362 e. The molecule has 0 saturated heterocycles. The molecule has 2 atom stereocenters. The Morgan fingerprint density at radius 3 is 1.54 bits per heavy atom. The zero-order valence-electron chi connectivity index (χ0n) is 34.3. The van der Waals surface area contributed by atoms with Crippen molar-refractivity contribution in [2.24, 2.45) is 0 Å². The Balaban J connectivity index is 4.42. The van der Waals surface area contributed by atoms with E-state index in [1.807, 2.05) is 21.1 Å². The maximum Gasteiger partial charge on any atom is 0.362 e. The number of rotatable bonds is 37. The number of carboxylic acid groups (broad SMARTS) is 1. The standard InChI is InChI=1S/C44H79NO7/c1-6-8-10-12-14-16-18-20-21-23-25-27-29-31-33-35-43(47)52-40(38-50-37-36-41(44(48)49)45(3,4)5)39-51-42(46)34-32-30-28-26-24-22-19-17-15-13-11-9-7-2/h14,16-17,19-21,40-41H,6-13,15,18,22-39H2,1-5H3/p+1/b16-14-,19-17-,21-20-. The number of likely N-dealkylation sites (N-methyl/N-ethyl adjacent to an activating group) is 1. The Labute approximate surface area is 319 Å². The maximum atomic E-state index is 12.7. The number of unbranched alkanes of at least 4 members (excludes halogenated alkanes) is 17. The number of carboxylic acids is 1. The topological polar surface area (TPSA) is 99.1 Å². The normalized spacial score (nSPS) is 13.3. The highest BCUT2D eigenvalue weighted by atomic mass is 16.6. The minimum Gasteiger partial charge on any atom is -0.477 e. The fourth-order valence-electron chi connectivity index (χ4n) is 5.94.